The summed E-state index contributed by atoms with van der Waals surface area (Å²) in [4.78, 5) is 0. The Morgan fingerprint density at radius 2 is 2.50 bits per heavy atom. The van der Waals surface area contributed by atoms with E-state index in [9.17, 15) is 0 Å². The Kier molecular flexibility index (Phi) is 2.10. The number of rotatable bonds is 1. The Hall–Kier alpha value is 0.195. The Bertz CT molecular complexity index is 74.1. The van der Waals surface area contributed by atoms with Crippen molar-refractivity contribution in [1.82, 2.24) is 0 Å². The Morgan fingerprint density at radius 1 is 1.75 bits per heavy atom. The summed E-state index contributed by atoms with van der Waals surface area (Å²) in [5.74, 6) is 1.03. The van der Waals surface area contributed by atoms with Gasteiger partial charge in [0.1, 0.15) is 0 Å². The van der Waals surface area contributed by atoms with Crippen LogP contribution in [0.2, 0.25) is 12.6 Å². The molecule has 1 heterocycles. The first kappa shape index (κ1) is 6.32. The first-order valence-corrected chi connectivity index (χ1v) is 3.83. The van der Waals surface area contributed by atoms with Crippen LogP contribution in [0.3, 0.4) is 0 Å². The van der Waals surface area contributed by atoms with Gasteiger partial charge < -0.3 is 0 Å². The Labute approximate surface area is 54.1 Å². The second-order valence-corrected chi connectivity index (χ2v) is 3.19. The van der Waals surface area contributed by atoms with Gasteiger partial charge in [-0.25, -0.2) is 0 Å². The molecular weight excluding hydrogens is 92.5 g/mol. The van der Waals surface area contributed by atoms with Crippen LogP contribution in [-0.2, 0) is 0 Å². The maximum Gasteiger partial charge on any atom is 0.0964 e. The molecule has 0 amide bonds. The summed E-state index contributed by atoms with van der Waals surface area (Å²) in [5, 5.41) is 0. The fourth-order valence-electron chi connectivity index (χ4n) is 1.70. The molecular formula is C5H13B3. The van der Waals surface area contributed by atoms with Crippen LogP contribution >= 0.6 is 0 Å². The molecule has 1 atom stereocenters. The third kappa shape index (κ3) is 1.33. The molecule has 42 valence electrons. The van der Waals surface area contributed by atoms with E-state index in [-0.39, 0.29) is 0 Å². The van der Waals surface area contributed by atoms with Gasteiger partial charge in [0.2, 0.25) is 0 Å². The van der Waals surface area contributed by atoms with E-state index in [1.165, 1.54) is 26.1 Å². The van der Waals surface area contributed by atoms with Crippen LogP contribution in [0, 0.1) is 5.92 Å². The molecule has 0 nitrogen and oxygen atoms in total. The van der Waals surface area contributed by atoms with Crippen molar-refractivity contribution in [2.75, 3.05) is 0 Å². The van der Waals surface area contributed by atoms with Crippen LogP contribution in [0.5, 0.6) is 0 Å². The first-order chi connectivity index (χ1) is 3.83. The molecule has 8 heavy (non-hydrogen) atoms. The molecule has 0 saturated carbocycles. The van der Waals surface area contributed by atoms with E-state index in [1.807, 2.05) is 0 Å². The number of hydrogen-bond acceptors (Lipinski definition) is 0. The molecule has 1 rings (SSSR count). The quantitative estimate of drug-likeness (QED) is 0.412. The summed E-state index contributed by atoms with van der Waals surface area (Å²) >= 11 is 0. The Morgan fingerprint density at radius 3 is 2.75 bits per heavy atom. The average molecular weight is 106 g/mol. The summed E-state index contributed by atoms with van der Waals surface area (Å²) in [6, 6.07) is 0. The zero-order valence-electron chi connectivity index (χ0n) is 5.98. The highest BCUT2D eigenvalue weighted by Gasteiger charge is 2.21. The van der Waals surface area contributed by atoms with Crippen LogP contribution in [0.1, 0.15) is 13.3 Å². The van der Waals surface area contributed by atoms with Crippen LogP contribution in [-0.4, -0.2) is 21.4 Å². The molecule has 3 heteroatoms. The summed E-state index contributed by atoms with van der Waals surface area (Å²) < 4.78 is 0. The van der Waals surface area contributed by atoms with Crippen molar-refractivity contribution in [2.24, 2.45) is 5.92 Å². The van der Waals surface area contributed by atoms with Gasteiger partial charge in [0.25, 0.3) is 0 Å². The fourth-order valence-corrected chi connectivity index (χ4v) is 1.70. The minimum absolute atomic E-state index is 1.03. The van der Waals surface area contributed by atoms with Crippen LogP contribution in [0.4, 0.5) is 0 Å². The summed E-state index contributed by atoms with van der Waals surface area (Å²) in [6.45, 7) is 3.44. The van der Waals surface area contributed by atoms with Crippen LogP contribution in [0.15, 0.2) is 0 Å². The minimum Gasteiger partial charge on any atom is -0.0812 e. The lowest BCUT2D eigenvalue weighted by atomic mass is 9.13. The maximum absolute atomic E-state index is 2.37. The summed E-state index contributed by atoms with van der Waals surface area (Å²) in [5.41, 5.74) is 0. The van der Waals surface area contributed by atoms with Gasteiger partial charge in [-0.2, -0.15) is 0 Å². The van der Waals surface area contributed by atoms with Crippen molar-refractivity contribution in [3.8, 4) is 0 Å². The normalized spacial score (nSPS) is 28.6. The monoisotopic (exact) mass is 106 g/mol. The minimum atomic E-state index is 1.03. The van der Waals surface area contributed by atoms with E-state index in [1.54, 1.807) is 0 Å². The second kappa shape index (κ2) is 2.66. The zero-order valence-corrected chi connectivity index (χ0v) is 5.98. The standard InChI is InChI=1S/C5H13B3/c1-5-2-3-8(4-5)7-6/h5,7H,2-4,6H2,1H3. The van der Waals surface area contributed by atoms with Crippen molar-refractivity contribution in [3.05, 3.63) is 0 Å². The largest absolute Gasteiger partial charge is 0.0964 e. The lowest BCUT2D eigenvalue weighted by molar-refractivity contribution is 0.658. The molecule has 0 aliphatic carbocycles. The molecule has 0 N–H and O–H groups in total. The molecule has 0 aromatic rings. The molecule has 1 aliphatic heterocycles. The van der Waals surface area contributed by atoms with Crippen molar-refractivity contribution < 1.29 is 0 Å². The molecule has 1 fully saturated rings. The van der Waals surface area contributed by atoms with E-state index in [0.29, 0.717) is 0 Å². The highest BCUT2D eigenvalue weighted by molar-refractivity contribution is 7.31. The second-order valence-electron chi connectivity index (χ2n) is 3.19. The topological polar surface area (TPSA) is 0 Å². The van der Waals surface area contributed by atoms with E-state index in [0.717, 1.165) is 12.5 Å². The van der Waals surface area contributed by atoms with Gasteiger partial charge >= 0.3 is 0 Å². The van der Waals surface area contributed by atoms with E-state index >= 15 is 0 Å². The lowest BCUT2D eigenvalue weighted by Gasteiger charge is -1.97. The molecule has 1 saturated heterocycles. The molecule has 0 spiro atoms. The van der Waals surface area contributed by atoms with Crippen LogP contribution in [0.25, 0.3) is 0 Å². The van der Waals surface area contributed by atoms with Gasteiger partial charge in [0, 0.05) is 0 Å². The average Bonchev–Trinajstić information content (AvgIpc) is 2.14. The van der Waals surface area contributed by atoms with E-state index in [4.69, 9.17) is 0 Å². The third-order valence-corrected chi connectivity index (χ3v) is 2.38. The zero-order chi connectivity index (χ0) is 5.98. The molecule has 1 unspecified atom stereocenters. The molecule has 1 aliphatic rings. The van der Waals surface area contributed by atoms with Crippen molar-refractivity contribution in [3.63, 3.8) is 0 Å². The van der Waals surface area contributed by atoms with Gasteiger partial charge in [-0.15, -0.1) is 0 Å². The molecule has 0 aromatic heterocycles. The van der Waals surface area contributed by atoms with E-state index < -0.39 is 0 Å². The SMILES string of the molecule is BBB1CCC(C)C1. The van der Waals surface area contributed by atoms with Gasteiger partial charge in [-0.3, -0.25) is 0 Å². The number of hydrogen-bond donors (Lipinski definition) is 0. The van der Waals surface area contributed by atoms with Gasteiger partial charge in [0.15, 0.2) is 0 Å². The lowest BCUT2D eigenvalue weighted by Crippen LogP contribution is -2.17. The predicted octanol–water partition coefficient (Wildman–Crippen LogP) is 0.00230. The van der Waals surface area contributed by atoms with Crippen molar-refractivity contribution in [1.29, 1.82) is 0 Å². The van der Waals surface area contributed by atoms with Gasteiger partial charge in [0.05, 0.1) is 21.4 Å². The summed E-state index contributed by atoms with van der Waals surface area (Å²) in [6.07, 6.45) is 4.48. The molecule has 0 aromatic carbocycles. The maximum atomic E-state index is 2.37. The van der Waals surface area contributed by atoms with Gasteiger partial charge in [-0.1, -0.05) is 31.9 Å². The Balaban J connectivity index is 2.22. The smallest absolute Gasteiger partial charge is 0.0812 e. The van der Waals surface area contributed by atoms with Crippen molar-refractivity contribution >= 4 is 21.4 Å². The predicted molar refractivity (Wildman–Crippen MR) is 44.8 cm³/mol. The van der Waals surface area contributed by atoms with Crippen LogP contribution < -0.4 is 0 Å². The van der Waals surface area contributed by atoms with E-state index in [2.05, 4.69) is 14.7 Å². The third-order valence-electron chi connectivity index (χ3n) is 2.38. The van der Waals surface area contributed by atoms with Gasteiger partial charge in [-0.05, 0) is 0 Å². The molecule has 0 bridgehead atoms. The highest BCUT2D eigenvalue weighted by atomic mass is 14.0. The molecule has 0 radical (unpaired) electrons. The summed E-state index contributed by atoms with van der Waals surface area (Å²) in [7, 11) is 3.72. The first-order valence-electron chi connectivity index (χ1n) is 3.83. The van der Waals surface area contributed by atoms with Crippen molar-refractivity contribution in [2.45, 2.75) is 26.0 Å². The fraction of sp³-hybridized carbons (Fsp3) is 1.00. The highest BCUT2D eigenvalue weighted by Crippen LogP contribution is 2.24.